The zero-order valence-corrected chi connectivity index (χ0v) is 22.2. The van der Waals surface area contributed by atoms with Crippen molar-refractivity contribution in [2.45, 2.75) is 24.9 Å². The van der Waals surface area contributed by atoms with Crippen molar-refractivity contribution in [3.05, 3.63) is 83.9 Å². The fraction of sp³-hybridized carbons (Fsp3) is 0.290. The maximum atomic E-state index is 14.5. The Morgan fingerprint density at radius 3 is 2.38 bits per heavy atom. The van der Waals surface area contributed by atoms with Gasteiger partial charge in [0, 0.05) is 29.5 Å². The van der Waals surface area contributed by atoms with Crippen LogP contribution >= 0.6 is 0 Å². The molecule has 9 nitrogen and oxygen atoms in total. The van der Waals surface area contributed by atoms with Gasteiger partial charge in [-0.1, -0.05) is 48.5 Å². The van der Waals surface area contributed by atoms with Crippen LogP contribution in [0.4, 0.5) is 17.1 Å². The van der Waals surface area contributed by atoms with Gasteiger partial charge < -0.3 is 14.5 Å². The largest absolute Gasteiger partial charge is 0.495 e. The Balaban J connectivity index is 1.28. The van der Waals surface area contributed by atoms with Gasteiger partial charge >= 0.3 is 0 Å². The maximum absolute atomic E-state index is 14.5. The average molecular weight is 537 g/mol. The van der Waals surface area contributed by atoms with Crippen molar-refractivity contribution < 1.29 is 23.9 Å². The van der Waals surface area contributed by atoms with Crippen molar-refractivity contribution >= 4 is 40.7 Å². The number of para-hydroxylation sites is 4. The zero-order valence-electron chi connectivity index (χ0n) is 22.2. The lowest BCUT2D eigenvalue weighted by Crippen LogP contribution is -2.56. The van der Waals surface area contributed by atoms with Gasteiger partial charge in [0.15, 0.2) is 0 Å². The first-order valence-corrected chi connectivity index (χ1v) is 13.5. The molecule has 2 fully saturated rings. The van der Waals surface area contributed by atoms with Crippen LogP contribution in [0.1, 0.15) is 18.1 Å². The second kappa shape index (κ2) is 8.76. The van der Waals surface area contributed by atoms with Gasteiger partial charge in [0.2, 0.25) is 17.7 Å². The van der Waals surface area contributed by atoms with E-state index in [0.29, 0.717) is 29.2 Å². The molecular formula is C31H28N4O5. The predicted molar refractivity (Wildman–Crippen MR) is 148 cm³/mol. The number of nitrogens with zero attached hydrogens (tertiary/aromatic N) is 3. The first-order chi connectivity index (χ1) is 19.4. The predicted octanol–water partition coefficient (Wildman–Crippen LogP) is 2.62. The molecule has 3 aromatic rings. The zero-order chi connectivity index (χ0) is 27.8. The van der Waals surface area contributed by atoms with Gasteiger partial charge in [0.05, 0.1) is 24.6 Å². The Bertz CT molecular complexity index is 1600. The van der Waals surface area contributed by atoms with Crippen LogP contribution < -0.4 is 24.8 Å². The highest BCUT2D eigenvalue weighted by molar-refractivity contribution is 6.26. The van der Waals surface area contributed by atoms with E-state index in [0.717, 1.165) is 22.6 Å². The van der Waals surface area contributed by atoms with Crippen LogP contribution in [0.25, 0.3) is 0 Å². The van der Waals surface area contributed by atoms with Crippen molar-refractivity contribution in [3.8, 4) is 5.75 Å². The third-order valence-corrected chi connectivity index (χ3v) is 8.82. The number of benzene rings is 3. The van der Waals surface area contributed by atoms with E-state index in [4.69, 9.17) is 4.74 Å². The molecule has 4 heterocycles. The lowest BCUT2D eigenvalue weighted by Gasteiger charge is -2.30. The number of ether oxygens (including phenoxy) is 1. The number of hydrogen-bond acceptors (Lipinski definition) is 6. The highest BCUT2D eigenvalue weighted by Crippen LogP contribution is 2.55. The summed E-state index contributed by atoms with van der Waals surface area (Å²) < 4.78 is 5.45. The van der Waals surface area contributed by atoms with E-state index in [-0.39, 0.29) is 18.4 Å². The van der Waals surface area contributed by atoms with Crippen LogP contribution in [0.5, 0.6) is 5.75 Å². The first kappa shape index (κ1) is 24.5. The fourth-order valence-corrected chi connectivity index (χ4v) is 7.14. The lowest BCUT2D eigenvalue weighted by molar-refractivity contribution is -0.132. The van der Waals surface area contributed by atoms with Crippen molar-refractivity contribution in [1.29, 1.82) is 0 Å². The summed E-state index contributed by atoms with van der Waals surface area (Å²) in [5, 5.41) is 3.37. The van der Waals surface area contributed by atoms with Gasteiger partial charge in [-0.15, -0.1) is 0 Å². The molecule has 9 heteroatoms. The third kappa shape index (κ3) is 3.12. The molecule has 0 bridgehead atoms. The molecule has 0 unspecified atom stereocenters. The standard InChI is InChI=1S/C31H28N4O5/c1-18-26-27(29(38)35(28(26)37)23-13-7-8-14-24(23)40-2)31(32-18)20-10-4-6-12-22(20)34(30(31)39)17-25(36)33-16-15-19-9-3-5-11-21(19)33/h3-14,18,26-27,32H,15-17H2,1-2H3/t18-,26-,27-,31-/m0/s1. The fourth-order valence-electron chi connectivity index (χ4n) is 7.14. The average Bonchev–Trinajstić information content (AvgIpc) is 3.67. The number of nitrogens with one attached hydrogen (secondary N) is 1. The summed E-state index contributed by atoms with van der Waals surface area (Å²) in [6, 6.07) is 21.4. The molecule has 0 aromatic heterocycles. The Morgan fingerprint density at radius 1 is 0.925 bits per heavy atom. The van der Waals surface area contributed by atoms with Crippen molar-refractivity contribution in [2.24, 2.45) is 11.8 Å². The summed E-state index contributed by atoms with van der Waals surface area (Å²) in [6.45, 7) is 2.21. The van der Waals surface area contributed by atoms with Gasteiger partial charge in [-0.2, -0.15) is 0 Å². The quantitative estimate of drug-likeness (QED) is 0.515. The van der Waals surface area contributed by atoms with Crippen molar-refractivity contribution in [1.82, 2.24) is 5.32 Å². The molecule has 0 radical (unpaired) electrons. The molecule has 40 heavy (non-hydrogen) atoms. The van der Waals surface area contributed by atoms with E-state index in [2.05, 4.69) is 5.32 Å². The third-order valence-electron chi connectivity index (χ3n) is 8.82. The van der Waals surface area contributed by atoms with Gasteiger partial charge in [-0.25, -0.2) is 4.90 Å². The smallest absolute Gasteiger partial charge is 0.253 e. The molecular weight excluding hydrogens is 508 g/mol. The van der Waals surface area contributed by atoms with Crippen molar-refractivity contribution in [2.75, 3.05) is 34.9 Å². The molecule has 1 N–H and O–H groups in total. The minimum Gasteiger partial charge on any atom is -0.495 e. The topological polar surface area (TPSA) is 99.3 Å². The van der Waals surface area contributed by atoms with E-state index in [1.165, 1.54) is 12.0 Å². The summed E-state index contributed by atoms with van der Waals surface area (Å²) in [7, 11) is 1.49. The normalized spacial score (nSPS) is 26.5. The lowest BCUT2D eigenvalue weighted by atomic mass is 9.76. The van der Waals surface area contributed by atoms with E-state index >= 15 is 0 Å². The first-order valence-electron chi connectivity index (χ1n) is 13.5. The van der Waals surface area contributed by atoms with Gasteiger partial charge in [-0.3, -0.25) is 24.5 Å². The second-order valence-corrected chi connectivity index (χ2v) is 10.8. The number of amides is 4. The molecule has 4 aliphatic heterocycles. The molecule has 0 saturated carbocycles. The summed E-state index contributed by atoms with van der Waals surface area (Å²) in [4.78, 5) is 60.4. The van der Waals surface area contributed by atoms with Crippen LogP contribution in [-0.4, -0.2) is 49.9 Å². The van der Waals surface area contributed by atoms with Crippen LogP contribution in [0.3, 0.4) is 0 Å². The number of rotatable bonds is 4. The Morgan fingerprint density at radius 2 is 1.60 bits per heavy atom. The van der Waals surface area contributed by atoms with Crippen molar-refractivity contribution in [3.63, 3.8) is 0 Å². The number of fused-ring (bicyclic) bond motifs is 5. The number of imide groups is 1. The number of carbonyl (C=O) groups excluding carboxylic acids is 4. The monoisotopic (exact) mass is 536 g/mol. The minimum atomic E-state index is -1.46. The SMILES string of the molecule is COc1ccccc1N1C(=O)[C@H]2[C@H](C)N[C@]3(C(=O)N(CC(=O)N4CCc5ccccc54)c4ccccc43)[C@@H]2C1=O. The Hall–Kier alpha value is -4.50. The molecule has 7 rings (SSSR count). The van der Waals surface area contributed by atoms with Gasteiger partial charge in [0.1, 0.15) is 17.8 Å². The van der Waals surface area contributed by atoms with E-state index in [9.17, 15) is 19.2 Å². The highest BCUT2D eigenvalue weighted by atomic mass is 16.5. The van der Waals surface area contributed by atoms with Gasteiger partial charge in [-0.05, 0) is 43.2 Å². The molecule has 0 aliphatic carbocycles. The van der Waals surface area contributed by atoms with E-state index < -0.39 is 35.2 Å². The summed E-state index contributed by atoms with van der Waals surface area (Å²) >= 11 is 0. The summed E-state index contributed by atoms with van der Waals surface area (Å²) in [5.74, 6) is -2.74. The number of carbonyl (C=O) groups is 4. The maximum Gasteiger partial charge on any atom is 0.253 e. The molecule has 4 atom stereocenters. The number of methoxy groups -OCH3 is 1. The Labute approximate surface area is 231 Å². The van der Waals surface area contributed by atoms with E-state index in [1.807, 2.05) is 49.4 Å². The number of anilines is 3. The molecule has 1 spiro atoms. The Kier molecular flexibility index (Phi) is 5.37. The molecule has 4 amide bonds. The summed E-state index contributed by atoms with van der Waals surface area (Å²) in [6.07, 6.45) is 0.759. The second-order valence-electron chi connectivity index (χ2n) is 10.8. The molecule has 202 valence electrons. The molecule has 2 saturated heterocycles. The molecule has 4 aliphatic rings. The summed E-state index contributed by atoms with van der Waals surface area (Å²) in [5.41, 5.74) is 2.03. The van der Waals surface area contributed by atoms with Crippen LogP contribution in [-0.2, 0) is 31.1 Å². The number of hydrogen-bond donors (Lipinski definition) is 1. The molecule has 3 aromatic carbocycles. The van der Waals surface area contributed by atoms with E-state index in [1.54, 1.807) is 35.2 Å². The van der Waals surface area contributed by atoms with Crippen LogP contribution in [0.15, 0.2) is 72.8 Å². The van der Waals surface area contributed by atoms with Crippen LogP contribution in [0, 0.1) is 11.8 Å². The van der Waals surface area contributed by atoms with Gasteiger partial charge in [0.25, 0.3) is 5.91 Å². The minimum absolute atomic E-state index is 0.169. The van der Waals surface area contributed by atoms with Crippen LogP contribution in [0.2, 0.25) is 0 Å². The highest BCUT2D eigenvalue weighted by Gasteiger charge is 2.71.